The molecular formula is C13H17NO3. The summed E-state index contributed by atoms with van der Waals surface area (Å²) in [6.07, 6.45) is 0. The van der Waals surface area contributed by atoms with E-state index in [4.69, 9.17) is 4.74 Å². The summed E-state index contributed by atoms with van der Waals surface area (Å²) in [6.45, 7) is 5.14. The van der Waals surface area contributed by atoms with Gasteiger partial charge in [-0.25, -0.2) is 4.79 Å². The molecule has 0 aromatic heterocycles. The van der Waals surface area contributed by atoms with Crippen LogP contribution >= 0.6 is 0 Å². The van der Waals surface area contributed by atoms with Crippen LogP contribution in [0.5, 0.6) is 0 Å². The lowest BCUT2D eigenvalue weighted by Gasteiger charge is -2.26. The Morgan fingerprint density at radius 1 is 1.29 bits per heavy atom. The van der Waals surface area contributed by atoms with Crippen molar-refractivity contribution in [3.63, 3.8) is 0 Å². The molecular weight excluding hydrogens is 218 g/mol. The second-order valence-corrected chi connectivity index (χ2v) is 3.65. The van der Waals surface area contributed by atoms with Crippen molar-refractivity contribution >= 4 is 17.6 Å². The van der Waals surface area contributed by atoms with Gasteiger partial charge in [0.25, 0.3) is 0 Å². The van der Waals surface area contributed by atoms with E-state index in [-0.39, 0.29) is 5.91 Å². The zero-order valence-electron chi connectivity index (χ0n) is 10.3. The highest BCUT2D eigenvalue weighted by molar-refractivity contribution is 5.97. The third-order valence-electron chi connectivity index (χ3n) is 2.39. The fraction of sp³-hybridized carbons (Fsp3) is 0.385. The number of carbonyl (C=O) groups is 2. The van der Waals surface area contributed by atoms with Gasteiger partial charge in [0.1, 0.15) is 6.04 Å². The molecule has 4 heteroatoms. The maximum atomic E-state index is 11.6. The molecule has 1 aromatic carbocycles. The molecule has 1 rings (SSSR count). The summed E-state index contributed by atoms with van der Waals surface area (Å²) in [6, 6.07) is 8.46. The minimum absolute atomic E-state index is 0.184. The minimum atomic E-state index is -0.616. The molecule has 0 saturated carbocycles. The zero-order chi connectivity index (χ0) is 12.8. The predicted molar refractivity (Wildman–Crippen MR) is 65.7 cm³/mol. The van der Waals surface area contributed by atoms with Crippen molar-refractivity contribution in [1.29, 1.82) is 0 Å². The van der Waals surface area contributed by atoms with Gasteiger partial charge in [-0.3, -0.25) is 9.69 Å². The van der Waals surface area contributed by atoms with E-state index in [0.717, 1.165) is 0 Å². The summed E-state index contributed by atoms with van der Waals surface area (Å²) >= 11 is 0. The summed E-state index contributed by atoms with van der Waals surface area (Å²) in [5.74, 6) is -0.580. The summed E-state index contributed by atoms with van der Waals surface area (Å²) in [5.41, 5.74) is 0.695. The zero-order valence-corrected chi connectivity index (χ0v) is 10.3. The van der Waals surface area contributed by atoms with E-state index in [1.807, 2.05) is 18.2 Å². The van der Waals surface area contributed by atoms with E-state index in [2.05, 4.69) is 0 Å². The molecule has 0 bridgehead atoms. The van der Waals surface area contributed by atoms with Gasteiger partial charge in [-0.15, -0.1) is 0 Å². The van der Waals surface area contributed by atoms with Crippen molar-refractivity contribution in [3.05, 3.63) is 30.3 Å². The van der Waals surface area contributed by atoms with Crippen molar-refractivity contribution in [2.24, 2.45) is 0 Å². The quantitative estimate of drug-likeness (QED) is 0.750. The Labute approximate surface area is 101 Å². The maximum Gasteiger partial charge on any atom is 0.328 e. The minimum Gasteiger partial charge on any atom is -0.464 e. The topological polar surface area (TPSA) is 46.6 Å². The monoisotopic (exact) mass is 235 g/mol. The van der Waals surface area contributed by atoms with Crippen LogP contribution in [0, 0.1) is 0 Å². The van der Waals surface area contributed by atoms with Crippen molar-refractivity contribution in [3.8, 4) is 0 Å². The van der Waals surface area contributed by atoms with Gasteiger partial charge in [0.2, 0.25) is 5.91 Å². The molecule has 4 nitrogen and oxygen atoms in total. The summed E-state index contributed by atoms with van der Waals surface area (Å²) in [7, 11) is 0. The van der Waals surface area contributed by atoms with Crippen molar-refractivity contribution < 1.29 is 14.3 Å². The number of hydrogen-bond acceptors (Lipinski definition) is 3. The van der Waals surface area contributed by atoms with Gasteiger partial charge in [-0.05, 0) is 26.0 Å². The first kappa shape index (κ1) is 13.2. The van der Waals surface area contributed by atoms with Crippen LogP contribution in [0.3, 0.4) is 0 Å². The molecule has 1 aromatic rings. The van der Waals surface area contributed by atoms with Gasteiger partial charge in [-0.1, -0.05) is 18.2 Å². The molecule has 0 unspecified atom stereocenters. The lowest BCUT2D eigenvalue weighted by molar-refractivity contribution is -0.145. The number of amides is 1. The Morgan fingerprint density at radius 2 is 1.88 bits per heavy atom. The number of rotatable bonds is 4. The highest BCUT2D eigenvalue weighted by Crippen LogP contribution is 2.17. The normalized spacial score (nSPS) is 11.7. The van der Waals surface area contributed by atoms with Crippen molar-refractivity contribution in [1.82, 2.24) is 0 Å². The van der Waals surface area contributed by atoms with E-state index >= 15 is 0 Å². The first-order chi connectivity index (χ1) is 8.07. The van der Waals surface area contributed by atoms with Crippen LogP contribution in [-0.4, -0.2) is 24.5 Å². The highest BCUT2D eigenvalue weighted by Gasteiger charge is 2.25. The molecule has 0 N–H and O–H groups in total. The maximum absolute atomic E-state index is 11.6. The number of benzene rings is 1. The Hall–Kier alpha value is -1.84. The fourth-order valence-corrected chi connectivity index (χ4v) is 1.63. The van der Waals surface area contributed by atoms with Crippen molar-refractivity contribution in [2.75, 3.05) is 11.5 Å². The van der Waals surface area contributed by atoms with Crippen LogP contribution in [0.4, 0.5) is 5.69 Å². The molecule has 0 aliphatic heterocycles. The predicted octanol–water partition coefficient (Wildman–Crippen LogP) is 1.99. The lowest BCUT2D eigenvalue weighted by Crippen LogP contribution is -2.43. The van der Waals surface area contributed by atoms with Gasteiger partial charge >= 0.3 is 5.97 Å². The number of anilines is 1. The van der Waals surface area contributed by atoms with E-state index < -0.39 is 12.0 Å². The van der Waals surface area contributed by atoms with Crippen LogP contribution in [0.25, 0.3) is 0 Å². The third kappa shape index (κ3) is 3.31. The van der Waals surface area contributed by atoms with E-state index in [1.165, 1.54) is 11.8 Å². The van der Waals surface area contributed by atoms with Gasteiger partial charge < -0.3 is 4.74 Å². The Kier molecular flexibility index (Phi) is 4.69. The fourth-order valence-electron chi connectivity index (χ4n) is 1.63. The van der Waals surface area contributed by atoms with Gasteiger partial charge in [0, 0.05) is 12.6 Å². The van der Waals surface area contributed by atoms with Crippen LogP contribution in [-0.2, 0) is 14.3 Å². The first-order valence-electron chi connectivity index (χ1n) is 5.59. The molecule has 0 spiro atoms. The smallest absolute Gasteiger partial charge is 0.328 e. The first-order valence-corrected chi connectivity index (χ1v) is 5.59. The third-order valence-corrected chi connectivity index (χ3v) is 2.39. The molecule has 0 aliphatic carbocycles. The molecule has 0 aliphatic rings. The standard InChI is InChI=1S/C13H17NO3/c1-4-17-13(16)10(2)14(11(3)15)12-8-6-5-7-9-12/h5-10H,4H2,1-3H3/t10-/m0/s1. The second-order valence-electron chi connectivity index (χ2n) is 3.65. The molecule has 0 heterocycles. The number of carbonyl (C=O) groups excluding carboxylic acids is 2. The highest BCUT2D eigenvalue weighted by atomic mass is 16.5. The largest absolute Gasteiger partial charge is 0.464 e. The molecule has 1 atom stereocenters. The van der Waals surface area contributed by atoms with E-state index in [1.54, 1.807) is 26.0 Å². The second kappa shape index (κ2) is 6.03. The van der Waals surface area contributed by atoms with Crippen LogP contribution in [0.15, 0.2) is 30.3 Å². The number of hydrogen-bond donors (Lipinski definition) is 0. The summed E-state index contributed by atoms with van der Waals surface area (Å²) in [4.78, 5) is 24.7. The summed E-state index contributed by atoms with van der Waals surface area (Å²) in [5, 5.41) is 0. The number of ether oxygens (including phenoxy) is 1. The van der Waals surface area contributed by atoms with Gasteiger partial charge in [0.15, 0.2) is 0 Å². The molecule has 0 fully saturated rings. The molecule has 0 radical (unpaired) electrons. The SMILES string of the molecule is CCOC(=O)[C@H](C)N(C(C)=O)c1ccccc1. The van der Waals surface area contributed by atoms with Crippen LogP contribution < -0.4 is 4.90 Å². The Bertz CT molecular complexity index is 389. The molecule has 1 amide bonds. The number of para-hydroxylation sites is 1. The number of esters is 1. The number of nitrogens with zero attached hydrogens (tertiary/aromatic N) is 1. The average Bonchev–Trinajstić information content (AvgIpc) is 2.30. The Morgan fingerprint density at radius 3 is 2.35 bits per heavy atom. The molecule has 17 heavy (non-hydrogen) atoms. The lowest BCUT2D eigenvalue weighted by atomic mass is 10.2. The van der Waals surface area contributed by atoms with E-state index in [9.17, 15) is 9.59 Å². The van der Waals surface area contributed by atoms with Gasteiger partial charge in [-0.2, -0.15) is 0 Å². The van der Waals surface area contributed by atoms with Crippen molar-refractivity contribution in [2.45, 2.75) is 26.8 Å². The Balaban J connectivity index is 2.94. The molecule has 92 valence electrons. The van der Waals surface area contributed by atoms with Crippen LogP contribution in [0.1, 0.15) is 20.8 Å². The molecule has 0 saturated heterocycles. The van der Waals surface area contributed by atoms with Gasteiger partial charge in [0.05, 0.1) is 6.61 Å². The van der Waals surface area contributed by atoms with E-state index in [0.29, 0.717) is 12.3 Å². The summed E-state index contributed by atoms with van der Waals surface area (Å²) < 4.78 is 4.92. The average molecular weight is 235 g/mol. The van der Waals surface area contributed by atoms with Crippen LogP contribution in [0.2, 0.25) is 0 Å².